The second-order valence-electron chi connectivity index (χ2n) is 6.10. The Morgan fingerprint density at radius 3 is 2.69 bits per heavy atom. The second kappa shape index (κ2) is 8.05. The Kier molecular flexibility index (Phi) is 5.53. The van der Waals surface area contributed by atoms with Crippen molar-refractivity contribution in [3.05, 3.63) is 51.7 Å². The van der Waals surface area contributed by atoms with Crippen LogP contribution in [0.25, 0.3) is 22.3 Å². The van der Waals surface area contributed by atoms with Crippen molar-refractivity contribution >= 4 is 28.7 Å². The van der Waals surface area contributed by atoms with Crippen LogP contribution in [-0.2, 0) is 20.8 Å². The summed E-state index contributed by atoms with van der Waals surface area (Å²) in [5, 5.41) is 15.9. The van der Waals surface area contributed by atoms with Gasteiger partial charge in [-0.15, -0.1) is 0 Å². The molecule has 10 nitrogen and oxygen atoms in total. The molecule has 29 heavy (non-hydrogen) atoms. The molecule has 0 atom stereocenters. The maximum Gasteiger partial charge on any atom is 0.338 e. The van der Waals surface area contributed by atoms with E-state index in [1.807, 2.05) is 0 Å². The summed E-state index contributed by atoms with van der Waals surface area (Å²) < 4.78 is 11.2. The molecule has 0 spiro atoms. The fourth-order valence-corrected chi connectivity index (χ4v) is 2.99. The summed E-state index contributed by atoms with van der Waals surface area (Å²) in [5.41, 5.74) is 1.61. The average molecular weight is 398 g/mol. The van der Waals surface area contributed by atoms with Crippen LogP contribution in [0.15, 0.2) is 30.3 Å². The molecule has 0 fully saturated rings. The quantitative estimate of drug-likeness (QED) is 0.352. The fraction of sp³-hybridized carbons (Fsp3) is 0.263. The number of aryl methyl sites for hydroxylation is 1. The van der Waals surface area contributed by atoms with Gasteiger partial charge >= 0.3 is 11.9 Å². The summed E-state index contributed by atoms with van der Waals surface area (Å²) in [6.45, 7) is 3.41. The molecule has 2 heterocycles. The summed E-state index contributed by atoms with van der Waals surface area (Å²) in [6, 6.07) is 7.38. The normalized spacial score (nSPS) is 10.7. The first-order valence-electron chi connectivity index (χ1n) is 8.72. The number of aromatic nitrogens is 3. The molecule has 0 N–H and O–H groups in total. The first-order chi connectivity index (χ1) is 13.8. The Morgan fingerprint density at radius 2 is 2.03 bits per heavy atom. The summed E-state index contributed by atoms with van der Waals surface area (Å²) in [4.78, 5) is 39.4. The van der Waals surface area contributed by atoms with Gasteiger partial charge in [-0.2, -0.15) is 5.10 Å². The van der Waals surface area contributed by atoms with E-state index in [4.69, 9.17) is 9.47 Å². The Bertz CT molecular complexity index is 1120. The molecule has 1 aromatic carbocycles. The van der Waals surface area contributed by atoms with E-state index in [1.165, 1.54) is 36.1 Å². The monoisotopic (exact) mass is 398 g/mol. The molecule has 0 aliphatic carbocycles. The molecule has 150 valence electrons. The topological polar surface area (TPSA) is 126 Å². The second-order valence-corrected chi connectivity index (χ2v) is 6.10. The van der Waals surface area contributed by atoms with Gasteiger partial charge in [-0.1, -0.05) is 12.1 Å². The Hall–Kier alpha value is -3.82. The van der Waals surface area contributed by atoms with E-state index in [1.54, 1.807) is 19.9 Å². The van der Waals surface area contributed by atoms with Crippen molar-refractivity contribution < 1.29 is 24.0 Å². The molecule has 0 amide bonds. The summed E-state index contributed by atoms with van der Waals surface area (Å²) >= 11 is 0. The summed E-state index contributed by atoms with van der Waals surface area (Å²) in [7, 11) is 1.25. The highest BCUT2D eigenvalue weighted by molar-refractivity contribution is 6.05. The number of esters is 2. The Morgan fingerprint density at radius 1 is 1.28 bits per heavy atom. The molecular weight excluding hydrogens is 380 g/mol. The maximum absolute atomic E-state index is 12.4. The molecule has 0 aliphatic rings. The third-order valence-electron chi connectivity index (χ3n) is 4.22. The number of hydrogen-bond donors (Lipinski definition) is 0. The van der Waals surface area contributed by atoms with Crippen molar-refractivity contribution in [2.24, 2.45) is 0 Å². The maximum atomic E-state index is 12.4. The van der Waals surface area contributed by atoms with Gasteiger partial charge in [-0.25, -0.2) is 14.5 Å². The number of hydrogen-bond acceptors (Lipinski definition) is 8. The van der Waals surface area contributed by atoms with Gasteiger partial charge in [0.2, 0.25) is 0 Å². The number of nitrogens with zero attached hydrogens (tertiary/aromatic N) is 4. The lowest BCUT2D eigenvalue weighted by Gasteiger charge is -2.08. The van der Waals surface area contributed by atoms with Gasteiger partial charge in [0, 0.05) is 17.7 Å². The highest BCUT2D eigenvalue weighted by atomic mass is 16.6. The van der Waals surface area contributed by atoms with E-state index in [9.17, 15) is 19.7 Å². The molecule has 3 rings (SSSR count). The lowest BCUT2D eigenvalue weighted by Crippen LogP contribution is -2.15. The number of fused-ring (bicyclic) bond motifs is 1. The van der Waals surface area contributed by atoms with Crippen molar-refractivity contribution in [2.75, 3.05) is 13.7 Å². The highest BCUT2D eigenvalue weighted by Gasteiger charge is 2.22. The summed E-state index contributed by atoms with van der Waals surface area (Å²) in [5.74, 6) is -1.11. The van der Waals surface area contributed by atoms with Gasteiger partial charge in [0.25, 0.3) is 5.69 Å². The molecular formula is C19H18N4O6. The third kappa shape index (κ3) is 3.91. The van der Waals surface area contributed by atoms with Crippen molar-refractivity contribution in [2.45, 2.75) is 20.4 Å². The molecule has 0 radical (unpaired) electrons. The predicted octanol–water partition coefficient (Wildman–Crippen LogP) is 2.66. The molecule has 3 aromatic rings. The zero-order valence-corrected chi connectivity index (χ0v) is 16.0. The van der Waals surface area contributed by atoms with Gasteiger partial charge in [0.1, 0.15) is 6.54 Å². The van der Waals surface area contributed by atoms with Crippen LogP contribution in [0.5, 0.6) is 0 Å². The number of pyridine rings is 1. The van der Waals surface area contributed by atoms with Gasteiger partial charge in [0.05, 0.1) is 41.0 Å². The number of ether oxygens (including phenoxy) is 2. The zero-order valence-electron chi connectivity index (χ0n) is 16.0. The minimum atomic E-state index is -0.608. The number of carbonyl (C=O) groups excluding carboxylic acids is 2. The fourth-order valence-electron chi connectivity index (χ4n) is 2.99. The van der Waals surface area contributed by atoms with Crippen LogP contribution < -0.4 is 0 Å². The van der Waals surface area contributed by atoms with Crippen LogP contribution in [0.3, 0.4) is 0 Å². The van der Waals surface area contributed by atoms with E-state index in [2.05, 4.69) is 10.1 Å². The third-order valence-corrected chi connectivity index (χ3v) is 4.22. The minimum absolute atomic E-state index is 0.111. The smallest absolute Gasteiger partial charge is 0.338 e. The number of rotatable bonds is 6. The first kappa shape index (κ1) is 19.9. The van der Waals surface area contributed by atoms with Crippen LogP contribution >= 0.6 is 0 Å². The zero-order chi connectivity index (χ0) is 21.1. The number of methoxy groups -OCH3 is 1. The number of carbonyl (C=O) groups is 2. The van der Waals surface area contributed by atoms with Crippen LogP contribution in [0, 0.1) is 17.0 Å². The van der Waals surface area contributed by atoms with E-state index in [-0.39, 0.29) is 30.0 Å². The van der Waals surface area contributed by atoms with E-state index < -0.39 is 16.9 Å². The molecule has 2 aromatic heterocycles. The van der Waals surface area contributed by atoms with Crippen molar-refractivity contribution in [1.29, 1.82) is 0 Å². The largest absolute Gasteiger partial charge is 0.465 e. The molecule has 0 aliphatic heterocycles. The Balaban J connectivity index is 2.24. The Labute approximate surface area is 165 Å². The molecule has 0 unspecified atom stereocenters. The molecule has 0 bridgehead atoms. The highest BCUT2D eigenvalue weighted by Crippen LogP contribution is 2.29. The number of non-ortho nitro benzene ring substituents is 1. The molecule has 0 saturated carbocycles. The SMILES string of the molecule is CCOC(=O)Cn1nc(C)c2c(C(=O)OC)cc(-c3cccc([N+](=O)[O-])c3)nc21. The standard InChI is InChI=1S/C19H18N4O6/c1-4-29-16(24)10-22-18-17(11(2)21-22)14(19(25)28-3)9-15(20-18)12-6-5-7-13(8-12)23(26)27/h5-9H,4,10H2,1-3H3. The van der Waals surface area contributed by atoms with E-state index in [0.29, 0.717) is 22.3 Å². The van der Waals surface area contributed by atoms with Gasteiger partial charge in [-0.05, 0) is 19.9 Å². The average Bonchev–Trinajstić information content (AvgIpc) is 3.02. The number of nitro benzene ring substituents is 1. The van der Waals surface area contributed by atoms with Gasteiger partial charge in [0.15, 0.2) is 5.65 Å². The van der Waals surface area contributed by atoms with Gasteiger partial charge in [-0.3, -0.25) is 14.9 Å². The van der Waals surface area contributed by atoms with Crippen LogP contribution in [-0.4, -0.2) is 45.3 Å². The lowest BCUT2D eigenvalue weighted by molar-refractivity contribution is -0.384. The first-order valence-corrected chi connectivity index (χ1v) is 8.72. The van der Waals surface area contributed by atoms with Crippen LogP contribution in [0.2, 0.25) is 0 Å². The van der Waals surface area contributed by atoms with Crippen LogP contribution in [0.4, 0.5) is 5.69 Å². The van der Waals surface area contributed by atoms with Crippen molar-refractivity contribution in [1.82, 2.24) is 14.8 Å². The van der Waals surface area contributed by atoms with E-state index >= 15 is 0 Å². The predicted molar refractivity (Wildman–Crippen MR) is 102 cm³/mol. The van der Waals surface area contributed by atoms with Crippen molar-refractivity contribution in [3.8, 4) is 11.3 Å². The molecule has 0 saturated heterocycles. The van der Waals surface area contributed by atoms with Crippen molar-refractivity contribution in [3.63, 3.8) is 0 Å². The van der Waals surface area contributed by atoms with Crippen LogP contribution in [0.1, 0.15) is 23.0 Å². The minimum Gasteiger partial charge on any atom is -0.465 e. The lowest BCUT2D eigenvalue weighted by atomic mass is 10.1. The summed E-state index contributed by atoms with van der Waals surface area (Å²) in [6.07, 6.45) is 0. The van der Waals surface area contributed by atoms with Gasteiger partial charge < -0.3 is 9.47 Å². The number of nitro groups is 1. The molecule has 10 heteroatoms. The number of benzene rings is 1. The van der Waals surface area contributed by atoms with E-state index in [0.717, 1.165) is 0 Å².